The van der Waals surface area contributed by atoms with Gasteiger partial charge in [0.2, 0.25) is 5.91 Å². The van der Waals surface area contributed by atoms with Gasteiger partial charge < -0.3 is 14.6 Å². The average molecular weight is 481 g/mol. The Morgan fingerprint density at radius 1 is 1.09 bits per heavy atom. The lowest BCUT2D eigenvalue weighted by molar-refractivity contribution is -0.121. The number of nitrogens with zero attached hydrogens (tertiary/aromatic N) is 3. The Balaban J connectivity index is 1.08. The maximum Gasteiger partial charge on any atom is 0.220 e. The summed E-state index contributed by atoms with van der Waals surface area (Å²) in [5, 5.41) is 3.64. The van der Waals surface area contributed by atoms with Gasteiger partial charge in [0.1, 0.15) is 0 Å². The zero-order valence-electron chi connectivity index (χ0n) is 19.8. The number of hydrogen-bond donors (Lipinski definition) is 1. The number of hydrogen-bond acceptors (Lipinski definition) is 5. The molecule has 0 atom stereocenters. The number of amides is 1. The minimum absolute atomic E-state index is 0.0317. The second-order valence-corrected chi connectivity index (χ2v) is 9.23. The zero-order chi connectivity index (χ0) is 23.8. The van der Waals surface area contributed by atoms with E-state index in [-0.39, 0.29) is 5.91 Å². The number of carbonyl (C=O) groups excluding carboxylic acids is 1. The molecule has 6 nitrogen and oxygen atoms in total. The van der Waals surface area contributed by atoms with Crippen molar-refractivity contribution in [3.63, 3.8) is 0 Å². The third-order valence-corrected chi connectivity index (χ3v) is 6.55. The Bertz CT molecular complexity index is 1080. The number of aryl methyl sites for hydroxylation is 2. The molecule has 0 radical (unpaired) electrons. The number of halogens is 1. The van der Waals surface area contributed by atoms with E-state index in [2.05, 4.69) is 51.3 Å². The number of rotatable bonds is 10. The molecule has 1 aromatic heterocycles. The SMILES string of the molecule is Cc1cccc(N2CCN(CCCCNC(=O)CCc3ncc(-c4ccccc4Cl)o3)CC2)c1. The third kappa shape index (κ3) is 6.84. The molecule has 1 N–H and O–H groups in total. The monoisotopic (exact) mass is 480 g/mol. The fraction of sp³-hybridized carbons (Fsp3) is 0.407. The lowest BCUT2D eigenvalue weighted by Gasteiger charge is -2.36. The molecule has 1 fully saturated rings. The second kappa shape index (κ2) is 12.0. The van der Waals surface area contributed by atoms with Crippen LogP contribution in [0.25, 0.3) is 11.3 Å². The first-order chi connectivity index (χ1) is 16.6. The number of benzene rings is 2. The first kappa shape index (κ1) is 24.3. The topological polar surface area (TPSA) is 61.6 Å². The molecule has 2 aromatic carbocycles. The highest BCUT2D eigenvalue weighted by Gasteiger charge is 2.17. The van der Waals surface area contributed by atoms with E-state index in [1.165, 1.54) is 11.3 Å². The van der Waals surface area contributed by atoms with Crippen molar-refractivity contribution in [1.29, 1.82) is 0 Å². The van der Waals surface area contributed by atoms with E-state index in [0.717, 1.165) is 51.1 Å². The molecular weight excluding hydrogens is 448 g/mol. The van der Waals surface area contributed by atoms with Crippen LogP contribution >= 0.6 is 11.6 Å². The molecule has 180 valence electrons. The van der Waals surface area contributed by atoms with Crippen LogP contribution in [0, 0.1) is 6.92 Å². The zero-order valence-corrected chi connectivity index (χ0v) is 20.6. The predicted molar refractivity (Wildman–Crippen MR) is 137 cm³/mol. The predicted octanol–water partition coefficient (Wildman–Crippen LogP) is 4.95. The van der Waals surface area contributed by atoms with E-state index in [1.807, 2.05) is 24.3 Å². The molecule has 1 aliphatic heterocycles. The number of carbonyl (C=O) groups is 1. The third-order valence-electron chi connectivity index (χ3n) is 6.22. The Kier molecular flexibility index (Phi) is 8.61. The van der Waals surface area contributed by atoms with Gasteiger partial charge in [0.25, 0.3) is 0 Å². The first-order valence-electron chi connectivity index (χ1n) is 12.1. The maximum absolute atomic E-state index is 12.2. The molecule has 4 rings (SSSR count). The standard InChI is InChI=1S/C27H33ClN4O2/c1-21-7-6-8-22(19-21)32-17-15-31(16-18-32)14-5-4-13-29-26(33)11-12-27-30-20-25(34-27)23-9-2-3-10-24(23)28/h2-3,6-10,19-20H,4-5,11-18H2,1H3,(H,29,33). The van der Waals surface area contributed by atoms with Gasteiger partial charge in [-0.3, -0.25) is 9.69 Å². The molecule has 1 amide bonds. The van der Waals surface area contributed by atoms with Gasteiger partial charge in [-0.2, -0.15) is 0 Å². The summed E-state index contributed by atoms with van der Waals surface area (Å²) in [4.78, 5) is 21.5. The van der Waals surface area contributed by atoms with Gasteiger partial charge in [0.15, 0.2) is 11.7 Å². The van der Waals surface area contributed by atoms with Crippen LogP contribution in [0.2, 0.25) is 5.02 Å². The molecule has 0 bridgehead atoms. The summed E-state index contributed by atoms with van der Waals surface area (Å²) in [6.07, 6.45) is 4.57. The molecule has 1 saturated heterocycles. The van der Waals surface area contributed by atoms with Crippen molar-refractivity contribution >= 4 is 23.2 Å². The average Bonchev–Trinajstić information content (AvgIpc) is 3.32. The van der Waals surface area contributed by atoms with Crippen molar-refractivity contribution in [2.24, 2.45) is 0 Å². The molecule has 0 unspecified atom stereocenters. The molecule has 3 aromatic rings. The number of piperazine rings is 1. The summed E-state index contributed by atoms with van der Waals surface area (Å²) in [6.45, 7) is 8.25. The minimum atomic E-state index is 0.0317. The normalized spacial score (nSPS) is 14.4. The van der Waals surface area contributed by atoms with Crippen LogP contribution in [0.1, 0.15) is 30.7 Å². The lowest BCUT2D eigenvalue weighted by Crippen LogP contribution is -2.46. The maximum atomic E-state index is 12.2. The second-order valence-electron chi connectivity index (χ2n) is 8.82. The van der Waals surface area contributed by atoms with Crippen molar-refractivity contribution < 1.29 is 9.21 Å². The van der Waals surface area contributed by atoms with Crippen LogP contribution < -0.4 is 10.2 Å². The Morgan fingerprint density at radius 2 is 1.91 bits per heavy atom. The summed E-state index contributed by atoms with van der Waals surface area (Å²) in [7, 11) is 0. The number of aromatic nitrogens is 1. The number of nitrogens with one attached hydrogen (secondary N) is 1. The molecular formula is C27H33ClN4O2. The molecule has 7 heteroatoms. The fourth-order valence-electron chi connectivity index (χ4n) is 4.26. The first-order valence-corrected chi connectivity index (χ1v) is 12.5. The quantitative estimate of drug-likeness (QED) is 0.416. The van der Waals surface area contributed by atoms with Crippen LogP contribution in [-0.4, -0.2) is 55.1 Å². The van der Waals surface area contributed by atoms with Crippen LogP contribution in [0.3, 0.4) is 0 Å². The van der Waals surface area contributed by atoms with Gasteiger partial charge in [-0.25, -0.2) is 4.98 Å². The molecule has 2 heterocycles. The molecule has 0 aliphatic carbocycles. The van der Waals surface area contributed by atoms with Crippen LogP contribution in [-0.2, 0) is 11.2 Å². The fourth-order valence-corrected chi connectivity index (χ4v) is 4.49. The van der Waals surface area contributed by atoms with Gasteiger partial charge in [-0.15, -0.1) is 0 Å². The van der Waals surface area contributed by atoms with Crippen LogP contribution in [0.5, 0.6) is 0 Å². The van der Waals surface area contributed by atoms with Crippen molar-refractivity contribution in [3.8, 4) is 11.3 Å². The van der Waals surface area contributed by atoms with Crippen molar-refractivity contribution in [2.75, 3.05) is 44.2 Å². The van der Waals surface area contributed by atoms with Gasteiger partial charge in [-0.05, 0) is 56.1 Å². The Hall–Kier alpha value is -2.83. The highest BCUT2D eigenvalue weighted by Crippen LogP contribution is 2.28. The van der Waals surface area contributed by atoms with Crippen LogP contribution in [0.4, 0.5) is 5.69 Å². The van der Waals surface area contributed by atoms with E-state index in [1.54, 1.807) is 6.20 Å². The molecule has 0 spiro atoms. The Labute approximate surface area is 206 Å². The number of oxazole rings is 1. The van der Waals surface area contributed by atoms with E-state index >= 15 is 0 Å². The van der Waals surface area contributed by atoms with Gasteiger partial charge in [-0.1, -0.05) is 35.9 Å². The van der Waals surface area contributed by atoms with Crippen molar-refractivity contribution in [2.45, 2.75) is 32.6 Å². The van der Waals surface area contributed by atoms with Gasteiger partial charge in [0.05, 0.1) is 11.2 Å². The lowest BCUT2D eigenvalue weighted by atomic mass is 10.2. The highest BCUT2D eigenvalue weighted by molar-refractivity contribution is 6.33. The summed E-state index contributed by atoms with van der Waals surface area (Å²) in [5.74, 6) is 1.21. The highest BCUT2D eigenvalue weighted by atomic mass is 35.5. The summed E-state index contributed by atoms with van der Waals surface area (Å²) in [6, 6.07) is 16.2. The van der Waals surface area contributed by atoms with Crippen molar-refractivity contribution in [3.05, 3.63) is 71.2 Å². The minimum Gasteiger partial charge on any atom is -0.441 e. The summed E-state index contributed by atoms with van der Waals surface area (Å²) in [5.41, 5.74) is 3.44. The van der Waals surface area contributed by atoms with E-state index in [9.17, 15) is 4.79 Å². The van der Waals surface area contributed by atoms with Gasteiger partial charge >= 0.3 is 0 Å². The molecule has 34 heavy (non-hydrogen) atoms. The molecule has 1 aliphatic rings. The molecule has 0 saturated carbocycles. The number of unbranched alkanes of at least 4 members (excludes halogenated alkanes) is 1. The van der Waals surface area contributed by atoms with Crippen LogP contribution in [0.15, 0.2) is 59.1 Å². The van der Waals surface area contributed by atoms with Crippen molar-refractivity contribution in [1.82, 2.24) is 15.2 Å². The smallest absolute Gasteiger partial charge is 0.220 e. The largest absolute Gasteiger partial charge is 0.441 e. The summed E-state index contributed by atoms with van der Waals surface area (Å²) < 4.78 is 5.77. The van der Waals surface area contributed by atoms with E-state index in [0.29, 0.717) is 36.1 Å². The Morgan fingerprint density at radius 3 is 2.71 bits per heavy atom. The van der Waals surface area contributed by atoms with E-state index < -0.39 is 0 Å². The summed E-state index contributed by atoms with van der Waals surface area (Å²) >= 11 is 6.21. The van der Waals surface area contributed by atoms with E-state index in [4.69, 9.17) is 16.0 Å². The van der Waals surface area contributed by atoms with Gasteiger partial charge in [0, 0.05) is 56.8 Å². The number of anilines is 1.